The number of hydrogen-bond donors (Lipinski definition) is 1. The van der Waals surface area contributed by atoms with Gasteiger partial charge in [0.25, 0.3) is 0 Å². The van der Waals surface area contributed by atoms with E-state index in [4.69, 9.17) is 26.3 Å². The average molecular weight is 619 g/mol. The van der Waals surface area contributed by atoms with Gasteiger partial charge < -0.3 is 29.4 Å². The third kappa shape index (κ3) is 6.21. The van der Waals surface area contributed by atoms with Crippen molar-refractivity contribution in [3.63, 3.8) is 0 Å². The fraction of sp³-hybridized carbons (Fsp3) is 0.441. The molecule has 2 aliphatic rings. The predicted octanol–water partition coefficient (Wildman–Crippen LogP) is 5.83. The molecule has 0 spiro atoms. The van der Waals surface area contributed by atoms with Crippen molar-refractivity contribution in [2.75, 3.05) is 56.7 Å². The van der Waals surface area contributed by atoms with Crippen LogP contribution in [0.4, 0.5) is 11.6 Å². The Bertz CT molecular complexity index is 1560. The summed E-state index contributed by atoms with van der Waals surface area (Å²) in [7, 11) is 4.03. The molecule has 1 N–H and O–H groups in total. The summed E-state index contributed by atoms with van der Waals surface area (Å²) < 4.78 is 6.27. The maximum Gasteiger partial charge on any atom is 0.320 e. The van der Waals surface area contributed by atoms with Gasteiger partial charge in [-0.05, 0) is 70.3 Å². The van der Waals surface area contributed by atoms with E-state index in [1.807, 2.05) is 48.9 Å². The number of anilines is 2. The lowest BCUT2D eigenvalue weighted by atomic mass is 9.93. The summed E-state index contributed by atoms with van der Waals surface area (Å²) in [5.41, 5.74) is 2.07. The van der Waals surface area contributed by atoms with E-state index in [2.05, 4.69) is 49.7 Å². The molecule has 0 bridgehead atoms. The molecule has 3 atom stereocenters. The monoisotopic (exact) mass is 618 g/mol. The smallest absolute Gasteiger partial charge is 0.320 e. The largest absolute Gasteiger partial charge is 0.502 e. The fourth-order valence-corrected chi connectivity index (χ4v) is 6.77. The number of likely N-dealkylation sites (N-methyl/N-ethyl adjacent to an activating group) is 2. The Morgan fingerprint density at radius 1 is 1.23 bits per heavy atom. The molecular formula is C34H43ClN6O3. The summed E-state index contributed by atoms with van der Waals surface area (Å²) in [5, 5.41) is 14.6. The molecule has 0 saturated carbocycles. The van der Waals surface area contributed by atoms with Crippen LogP contribution in [0.15, 0.2) is 60.7 Å². The Labute approximate surface area is 265 Å². The van der Waals surface area contributed by atoms with Crippen LogP contribution in [-0.2, 0) is 4.79 Å². The first-order valence-electron chi connectivity index (χ1n) is 15.3. The zero-order valence-electron chi connectivity index (χ0n) is 26.3. The summed E-state index contributed by atoms with van der Waals surface area (Å²) in [6.07, 6.45) is 5.59. The minimum Gasteiger partial charge on any atom is -0.502 e. The van der Waals surface area contributed by atoms with Gasteiger partial charge in [-0.2, -0.15) is 9.97 Å². The highest BCUT2D eigenvalue weighted by atomic mass is 35.5. The van der Waals surface area contributed by atoms with Crippen molar-refractivity contribution in [1.82, 2.24) is 19.8 Å². The van der Waals surface area contributed by atoms with Gasteiger partial charge in [0, 0.05) is 49.2 Å². The van der Waals surface area contributed by atoms with Gasteiger partial charge in [-0.25, -0.2) is 0 Å². The van der Waals surface area contributed by atoms with Crippen LogP contribution >= 0.6 is 11.6 Å². The van der Waals surface area contributed by atoms with Crippen LogP contribution in [0.2, 0.25) is 5.02 Å². The lowest BCUT2D eigenvalue weighted by Crippen LogP contribution is -2.53. The minimum atomic E-state index is -0.287. The first-order valence-corrected chi connectivity index (χ1v) is 15.7. The van der Waals surface area contributed by atoms with Gasteiger partial charge in [-0.15, -0.1) is 0 Å². The standard InChI is InChI=1S/C34H43ClN6O3/c1-7-22(3)30(26-15-9-12-24-13-10-16-27(35)29(24)26)39(6)32-31(43)33(41-19-18-40(20-23(41)4)28(42)8-2)37-34(36-32)44-21-25-14-11-17-38(25)5/h7-10,12-13,15-16,23,25,30,43H,2,11,14,17-21H2,1,3-6H3/b22-7-/t23-,25-,30?/m0/s1. The minimum absolute atomic E-state index is 0.0339. The number of aromatic hydroxyl groups is 1. The molecule has 9 nitrogen and oxygen atoms in total. The highest BCUT2D eigenvalue weighted by molar-refractivity contribution is 6.35. The quantitative estimate of drug-likeness (QED) is 0.237. The van der Waals surface area contributed by atoms with Crippen molar-refractivity contribution in [2.45, 2.75) is 51.7 Å². The molecule has 2 saturated heterocycles. The molecule has 2 fully saturated rings. The van der Waals surface area contributed by atoms with Crippen molar-refractivity contribution < 1.29 is 14.6 Å². The van der Waals surface area contributed by atoms with E-state index >= 15 is 0 Å². The number of benzene rings is 2. The summed E-state index contributed by atoms with van der Waals surface area (Å²) in [5.74, 6) is 0.611. The predicted molar refractivity (Wildman–Crippen MR) is 178 cm³/mol. The van der Waals surface area contributed by atoms with Crippen molar-refractivity contribution in [3.05, 3.63) is 71.3 Å². The molecule has 3 heterocycles. The van der Waals surface area contributed by atoms with Gasteiger partial charge >= 0.3 is 6.01 Å². The van der Waals surface area contributed by atoms with E-state index in [0.29, 0.717) is 42.9 Å². The summed E-state index contributed by atoms with van der Waals surface area (Å²) in [6.45, 7) is 12.7. The molecule has 44 heavy (non-hydrogen) atoms. The van der Waals surface area contributed by atoms with Gasteiger partial charge in [-0.3, -0.25) is 4.79 Å². The number of allylic oxidation sites excluding steroid dienone is 1. The van der Waals surface area contributed by atoms with Crippen LogP contribution in [-0.4, -0.2) is 89.7 Å². The topological polar surface area (TPSA) is 85.3 Å². The van der Waals surface area contributed by atoms with E-state index < -0.39 is 0 Å². The van der Waals surface area contributed by atoms with Gasteiger partial charge in [0.15, 0.2) is 11.6 Å². The second kappa shape index (κ2) is 13.4. The van der Waals surface area contributed by atoms with Crippen molar-refractivity contribution >= 4 is 39.9 Å². The number of nitrogens with zero attached hydrogens (tertiary/aromatic N) is 6. The molecule has 3 aromatic rings. The first kappa shape index (κ1) is 31.6. The maximum absolute atomic E-state index is 12.3. The molecule has 0 radical (unpaired) electrons. The number of amides is 1. The van der Waals surface area contributed by atoms with Crippen LogP contribution in [0, 0.1) is 0 Å². The lowest BCUT2D eigenvalue weighted by molar-refractivity contribution is -0.126. The molecule has 1 aromatic heterocycles. The number of fused-ring (bicyclic) bond motifs is 1. The van der Waals surface area contributed by atoms with E-state index in [1.165, 1.54) is 6.08 Å². The van der Waals surface area contributed by atoms with Crippen molar-refractivity contribution in [1.29, 1.82) is 0 Å². The van der Waals surface area contributed by atoms with Crippen LogP contribution in [0.5, 0.6) is 11.8 Å². The van der Waals surface area contributed by atoms with Crippen LogP contribution < -0.4 is 14.5 Å². The van der Waals surface area contributed by atoms with Crippen LogP contribution in [0.3, 0.4) is 0 Å². The Balaban J connectivity index is 1.59. The number of carbonyl (C=O) groups excluding carboxylic acids is 1. The number of ether oxygens (including phenoxy) is 1. The number of carbonyl (C=O) groups is 1. The second-order valence-electron chi connectivity index (χ2n) is 11.9. The third-order valence-corrected chi connectivity index (χ3v) is 9.39. The molecule has 1 unspecified atom stereocenters. The number of likely N-dealkylation sites (tertiary alicyclic amines) is 1. The second-order valence-corrected chi connectivity index (χ2v) is 12.3. The van der Waals surface area contributed by atoms with Gasteiger partial charge in [0.05, 0.1) is 6.04 Å². The van der Waals surface area contributed by atoms with Gasteiger partial charge in [0.1, 0.15) is 6.61 Å². The summed E-state index contributed by atoms with van der Waals surface area (Å²) in [6, 6.07) is 12.2. The van der Waals surface area contributed by atoms with E-state index in [-0.39, 0.29) is 35.8 Å². The number of piperazine rings is 1. The van der Waals surface area contributed by atoms with E-state index in [9.17, 15) is 9.90 Å². The molecule has 234 valence electrons. The summed E-state index contributed by atoms with van der Waals surface area (Å²) >= 11 is 6.79. The Morgan fingerprint density at radius 2 is 1.98 bits per heavy atom. The highest BCUT2D eigenvalue weighted by Crippen LogP contribution is 2.43. The van der Waals surface area contributed by atoms with Crippen molar-refractivity contribution in [2.24, 2.45) is 0 Å². The van der Waals surface area contributed by atoms with E-state index in [0.717, 1.165) is 41.3 Å². The summed E-state index contributed by atoms with van der Waals surface area (Å²) in [4.78, 5) is 30.0. The number of rotatable bonds is 9. The maximum atomic E-state index is 12.3. The average Bonchev–Trinajstić information content (AvgIpc) is 3.44. The highest BCUT2D eigenvalue weighted by Gasteiger charge is 2.33. The van der Waals surface area contributed by atoms with E-state index in [1.54, 1.807) is 4.90 Å². The number of aromatic nitrogens is 2. The van der Waals surface area contributed by atoms with Crippen LogP contribution in [0.1, 0.15) is 45.2 Å². The van der Waals surface area contributed by atoms with Crippen molar-refractivity contribution in [3.8, 4) is 11.8 Å². The zero-order valence-corrected chi connectivity index (χ0v) is 27.1. The molecule has 5 rings (SSSR count). The number of halogens is 1. The Hall–Kier alpha value is -3.82. The van der Waals surface area contributed by atoms with Crippen LogP contribution in [0.25, 0.3) is 10.8 Å². The molecular weight excluding hydrogens is 576 g/mol. The lowest BCUT2D eigenvalue weighted by Gasteiger charge is -2.41. The number of hydrogen-bond acceptors (Lipinski definition) is 8. The Kier molecular flexibility index (Phi) is 9.65. The third-order valence-electron chi connectivity index (χ3n) is 9.08. The normalized spacial score (nSPS) is 20.2. The molecule has 2 aromatic carbocycles. The van der Waals surface area contributed by atoms with Gasteiger partial charge in [0.2, 0.25) is 11.7 Å². The SMILES string of the molecule is C=CC(=O)N1CCN(c2nc(OC[C@@H]3CCCN3C)nc(N(C)C(/C(C)=C\C)c3cccc4cccc(Cl)c34)c2O)[C@@H](C)C1. The molecule has 10 heteroatoms. The zero-order chi connectivity index (χ0) is 31.5. The molecule has 1 amide bonds. The molecule has 2 aliphatic heterocycles. The first-order chi connectivity index (χ1) is 21.1. The fourth-order valence-electron chi connectivity index (χ4n) is 6.48. The Morgan fingerprint density at radius 3 is 2.64 bits per heavy atom. The van der Waals surface area contributed by atoms with Gasteiger partial charge in [-0.1, -0.05) is 60.2 Å². The molecule has 0 aliphatic carbocycles.